The smallest absolute Gasteiger partial charge is 0.289 e. The number of carbonyl (C=O) groups is 2. The molecule has 0 bridgehead atoms. The molecule has 0 unspecified atom stereocenters. The molecular formula is C18H20ClN3O3. The standard InChI is InChI=1S/C18H20ClN3O3/c19-14-3-5-15(6-4-14)20-17(23)7-8-21-9-11-22(12-10-21)18(24)16-2-1-13-25-16/h1-6,13H,7-12H2,(H,20,23). The maximum Gasteiger partial charge on any atom is 0.289 e. The first-order valence-electron chi connectivity index (χ1n) is 8.22. The minimum absolute atomic E-state index is 0.0311. The largest absolute Gasteiger partial charge is 0.459 e. The molecule has 1 aromatic carbocycles. The molecule has 1 aromatic heterocycles. The average Bonchev–Trinajstić information content (AvgIpc) is 3.16. The van der Waals surface area contributed by atoms with Crippen molar-refractivity contribution in [1.29, 1.82) is 0 Å². The van der Waals surface area contributed by atoms with Gasteiger partial charge in [-0.15, -0.1) is 0 Å². The number of halogens is 1. The Morgan fingerprint density at radius 3 is 2.44 bits per heavy atom. The van der Waals surface area contributed by atoms with Gasteiger partial charge in [0, 0.05) is 49.9 Å². The second kappa shape index (κ2) is 8.18. The highest BCUT2D eigenvalue weighted by Crippen LogP contribution is 2.14. The van der Waals surface area contributed by atoms with E-state index < -0.39 is 0 Å². The predicted molar refractivity (Wildman–Crippen MR) is 95.8 cm³/mol. The summed E-state index contributed by atoms with van der Waals surface area (Å²) in [5, 5.41) is 3.49. The third kappa shape index (κ3) is 4.84. The van der Waals surface area contributed by atoms with Crippen molar-refractivity contribution in [3.63, 3.8) is 0 Å². The summed E-state index contributed by atoms with van der Waals surface area (Å²) >= 11 is 5.82. The molecule has 0 spiro atoms. The van der Waals surface area contributed by atoms with Crippen LogP contribution in [0, 0.1) is 0 Å². The van der Waals surface area contributed by atoms with Gasteiger partial charge in [0.1, 0.15) is 0 Å². The number of hydrogen-bond donors (Lipinski definition) is 1. The van der Waals surface area contributed by atoms with E-state index in [1.165, 1.54) is 6.26 Å². The van der Waals surface area contributed by atoms with Crippen LogP contribution in [0.1, 0.15) is 17.0 Å². The number of piperazine rings is 1. The normalized spacial score (nSPS) is 15.2. The van der Waals surface area contributed by atoms with Crippen molar-refractivity contribution in [3.05, 3.63) is 53.4 Å². The number of furan rings is 1. The third-order valence-electron chi connectivity index (χ3n) is 4.17. The molecule has 1 saturated heterocycles. The van der Waals surface area contributed by atoms with Crippen LogP contribution < -0.4 is 5.32 Å². The number of rotatable bonds is 5. The van der Waals surface area contributed by atoms with E-state index >= 15 is 0 Å². The van der Waals surface area contributed by atoms with Crippen LogP contribution >= 0.6 is 11.6 Å². The number of hydrogen-bond acceptors (Lipinski definition) is 4. The van der Waals surface area contributed by atoms with E-state index in [1.54, 1.807) is 41.3 Å². The van der Waals surface area contributed by atoms with Crippen molar-refractivity contribution in [2.24, 2.45) is 0 Å². The van der Waals surface area contributed by atoms with Crippen molar-refractivity contribution < 1.29 is 14.0 Å². The molecule has 1 aliphatic heterocycles. The molecular weight excluding hydrogens is 342 g/mol. The van der Waals surface area contributed by atoms with E-state index in [0.29, 0.717) is 36.8 Å². The molecule has 132 valence electrons. The van der Waals surface area contributed by atoms with Crippen LogP contribution in [-0.4, -0.2) is 54.3 Å². The molecule has 6 nitrogen and oxygen atoms in total. The van der Waals surface area contributed by atoms with Gasteiger partial charge in [-0.1, -0.05) is 11.6 Å². The zero-order chi connectivity index (χ0) is 17.6. The quantitative estimate of drug-likeness (QED) is 0.889. The lowest BCUT2D eigenvalue weighted by atomic mass is 10.2. The Bertz CT molecular complexity index is 708. The summed E-state index contributed by atoms with van der Waals surface area (Å²) in [5.74, 6) is 0.261. The summed E-state index contributed by atoms with van der Waals surface area (Å²) in [6.07, 6.45) is 1.91. The van der Waals surface area contributed by atoms with Crippen LogP contribution in [0.15, 0.2) is 47.1 Å². The fraction of sp³-hybridized carbons (Fsp3) is 0.333. The van der Waals surface area contributed by atoms with E-state index in [-0.39, 0.29) is 11.8 Å². The summed E-state index contributed by atoms with van der Waals surface area (Å²) in [7, 11) is 0. The molecule has 2 heterocycles. The van der Waals surface area contributed by atoms with E-state index in [9.17, 15) is 9.59 Å². The van der Waals surface area contributed by atoms with E-state index in [4.69, 9.17) is 16.0 Å². The van der Waals surface area contributed by atoms with Crippen LogP contribution in [0.5, 0.6) is 0 Å². The van der Waals surface area contributed by atoms with Gasteiger partial charge in [-0.3, -0.25) is 14.5 Å². The minimum Gasteiger partial charge on any atom is -0.459 e. The highest BCUT2D eigenvalue weighted by atomic mass is 35.5. The minimum atomic E-state index is -0.0786. The number of benzene rings is 1. The van der Waals surface area contributed by atoms with Crippen molar-refractivity contribution in [2.75, 3.05) is 38.0 Å². The van der Waals surface area contributed by atoms with E-state index in [2.05, 4.69) is 10.2 Å². The molecule has 25 heavy (non-hydrogen) atoms. The summed E-state index contributed by atoms with van der Waals surface area (Å²) in [6, 6.07) is 10.4. The molecule has 0 radical (unpaired) electrons. The van der Waals surface area contributed by atoms with E-state index in [1.807, 2.05) is 0 Å². The monoisotopic (exact) mass is 361 g/mol. The SMILES string of the molecule is O=C(CCN1CCN(C(=O)c2ccco2)CC1)Nc1ccc(Cl)cc1. The van der Waals surface area contributed by atoms with Crippen LogP contribution in [-0.2, 0) is 4.79 Å². The molecule has 1 fully saturated rings. The average molecular weight is 362 g/mol. The number of carbonyl (C=O) groups excluding carboxylic acids is 2. The van der Waals surface area contributed by atoms with Gasteiger partial charge in [0.2, 0.25) is 5.91 Å². The Hall–Kier alpha value is -2.31. The van der Waals surface area contributed by atoms with Crippen molar-refractivity contribution in [1.82, 2.24) is 9.80 Å². The number of nitrogens with zero attached hydrogens (tertiary/aromatic N) is 2. The first-order chi connectivity index (χ1) is 12.1. The summed E-state index contributed by atoms with van der Waals surface area (Å²) in [6.45, 7) is 3.44. The van der Waals surface area contributed by atoms with Crippen LogP contribution in [0.4, 0.5) is 5.69 Å². The Kier molecular flexibility index (Phi) is 5.73. The lowest BCUT2D eigenvalue weighted by Gasteiger charge is -2.34. The molecule has 3 rings (SSSR count). The van der Waals surface area contributed by atoms with Crippen LogP contribution in [0.3, 0.4) is 0 Å². The Balaban J connectivity index is 1.39. The molecule has 0 saturated carbocycles. The zero-order valence-electron chi connectivity index (χ0n) is 13.8. The highest BCUT2D eigenvalue weighted by Gasteiger charge is 2.23. The first-order valence-corrected chi connectivity index (χ1v) is 8.60. The van der Waals surface area contributed by atoms with Gasteiger partial charge in [0.15, 0.2) is 5.76 Å². The first kappa shape index (κ1) is 17.5. The maximum absolute atomic E-state index is 12.2. The van der Waals surface area contributed by atoms with Crippen molar-refractivity contribution in [2.45, 2.75) is 6.42 Å². The summed E-state index contributed by atoms with van der Waals surface area (Å²) in [5.41, 5.74) is 0.739. The Labute approximate surface area is 151 Å². The third-order valence-corrected chi connectivity index (χ3v) is 4.43. The summed E-state index contributed by atoms with van der Waals surface area (Å²) in [4.78, 5) is 28.2. The van der Waals surface area contributed by atoms with Crippen LogP contribution in [0.25, 0.3) is 0 Å². The van der Waals surface area contributed by atoms with Gasteiger partial charge in [-0.25, -0.2) is 0 Å². The number of amides is 2. The Morgan fingerprint density at radius 1 is 1.08 bits per heavy atom. The van der Waals surface area contributed by atoms with Crippen molar-refractivity contribution in [3.8, 4) is 0 Å². The topological polar surface area (TPSA) is 65.8 Å². The van der Waals surface area contributed by atoms with E-state index in [0.717, 1.165) is 18.8 Å². The number of anilines is 1. The van der Waals surface area contributed by atoms with Gasteiger partial charge < -0.3 is 14.6 Å². The molecule has 0 atom stereocenters. The lowest BCUT2D eigenvalue weighted by Crippen LogP contribution is -2.49. The molecule has 2 aromatic rings. The predicted octanol–water partition coefficient (Wildman–Crippen LogP) is 2.72. The molecule has 2 amide bonds. The number of nitrogens with one attached hydrogen (secondary N) is 1. The molecule has 0 aliphatic carbocycles. The fourth-order valence-electron chi connectivity index (χ4n) is 2.75. The molecule has 1 aliphatic rings. The van der Waals surface area contributed by atoms with Gasteiger partial charge in [0.25, 0.3) is 5.91 Å². The zero-order valence-corrected chi connectivity index (χ0v) is 14.5. The van der Waals surface area contributed by atoms with Crippen LogP contribution in [0.2, 0.25) is 5.02 Å². The molecule has 7 heteroatoms. The fourth-order valence-corrected chi connectivity index (χ4v) is 2.87. The maximum atomic E-state index is 12.2. The Morgan fingerprint density at radius 2 is 1.80 bits per heavy atom. The van der Waals surface area contributed by atoms with Gasteiger partial charge >= 0.3 is 0 Å². The van der Waals surface area contributed by atoms with Crippen molar-refractivity contribution >= 4 is 29.1 Å². The van der Waals surface area contributed by atoms with Gasteiger partial charge in [-0.2, -0.15) is 0 Å². The summed E-state index contributed by atoms with van der Waals surface area (Å²) < 4.78 is 5.15. The van der Waals surface area contributed by atoms with Gasteiger partial charge in [0.05, 0.1) is 6.26 Å². The second-order valence-corrected chi connectivity index (χ2v) is 6.35. The highest BCUT2D eigenvalue weighted by molar-refractivity contribution is 6.30. The second-order valence-electron chi connectivity index (χ2n) is 5.92. The lowest BCUT2D eigenvalue weighted by molar-refractivity contribution is -0.116. The molecule has 1 N–H and O–H groups in total. The van der Waals surface area contributed by atoms with Gasteiger partial charge in [-0.05, 0) is 36.4 Å².